The summed E-state index contributed by atoms with van der Waals surface area (Å²) >= 11 is 0. The first-order valence-corrected chi connectivity index (χ1v) is 15.9. The molecule has 0 aliphatic heterocycles. The van der Waals surface area contributed by atoms with Crippen LogP contribution >= 0.6 is 0 Å². The Morgan fingerprint density at radius 1 is 0.542 bits per heavy atom. The van der Waals surface area contributed by atoms with Crippen LogP contribution in [0.3, 0.4) is 0 Å². The third-order valence-electron chi connectivity index (χ3n) is 8.83. The van der Waals surface area contributed by atoms with E-state index >= 15 is 0 Å². The van der Waals surface area contributed by atoms with Gasteiger partial charge < -0.3 is 9.47 Å². The van der Waals surface area contributed by atoms with Gasteiger partial charge in [-0.25, -0.2) is 0 Å². The molecule has 8 aromatic rings. The van der Waals surface area contributed by atoms with Crippen LogP contribution in [0.5, 0.6) is 0 Å². The molecule has 48 heavy (non-hydrogen) atoms. The van der Waals surface area contributed by atoms with Gasteiger partial charge in [0.05, 0.1) is 11.0 Å². The number of fused-ring (bicyclic) bond motifs is 4. The van der Waals surface area contributed by atoms with Crippen molar-refractivity contribution in [2.24, 2.45) is 0 Å². The number of aromatic nitrogens is 1. The molecule has 228 valence electrons. The van der Waals surface area contributed by atoms with E-state index in [1.54, 1.807) is 30.3 Å². The summed E-state index contributed by atoms with van der Waals surface area (Å²) in [5.41, 5.74) is 8.29. The fourth-order valence-electron chi connectivity index (χ4n) is 6.58. The number of hydrogen-bond acceptors (Lipinski definition) is 3. The van der Waals surface area contributed by atoms with E-state index in [0.29, 0.717) is 17.4 Å². The van der Waals surface area contributed by atoms with Crippen molar-refractivity contribution in [2.75, 3.05) is 4.90 Å². The summed E-state index contributed by atoms with van der Waals surface area (Å²) in [6.07, 6.45) is 4.04. The second-order valence-corrected chi connectivity index (χ2v) is 11.8. The van der Waals surface area contributed by atoms with Crippen LogP contribution in [0.2, 0.25) is 0 Å². The summed E-state index contributed by atoms with van der Waals surface area (Å²) < 4.78 is 2.34. The average Bonchev–Trinajstić information content (AvgIpc) is 3.49. The highest BCUT2D eigenvalue weighted by atomic mass is 16.1. The molecule has 0 atom stereocenters. The highest BCUT2D eigenvalue weighted by Crippen LogP contribution is 2.38. The summed E-state index contributed by atoms with van der Waals surface area (Å²) in [6, 6.07) is 55.7. The quantitative estimate of drug-likeness (QED) is 0.0967. The topological polar surface area (TPSA) is 42.3 Å². The van der Waals surface area contributed by atoms with Crippen molar-refractivity contribution in [2.45, 2.75) is 0 Å². The molecule has 0 radical (unpaired) electrons. The molecule has 0 bridgehead atoms. The SMILES string of the molecule is O=Cc1ccccc1C(=O)C=Cc1ccc2cc(N(c3ccccc3)c3cccc(-n4c5ccccc5c5ccccc54)c3)ccc2c1. The highest BCUT2D eigenvalue weighted by Gasteiger charge is 2.16. The molecule has 0 spiro atoms. The van der Waals surface area contributed by atoms with E-state index in [4.69, 9.17) is 0 Å². The fraction of sp³-hybridized carbons (Fsp3) is 0. The zero-order valence-corrected chi connectivity index (χ0v) is 26.0. The minimum absolute atomic E-state index is 0.199. The first-order chi connectivity index (χ1) is 23.7. The Bertz CT molecular complexity index is 2460. The molecule has 0 saturated heterocycles. The standard InChI is InChI=1S/C44H30N2O2/c47-30-34-11-4-5-16-39(34)44(48)26-22-31-21-23-33-28-38(25-24-32(33)27-31)45(35-12-2-1-3-13-35)36-14-10-15-37(29-36)46-42-19-8-6-17-40(42)41-18-7-9-20-43(41)46/h1-30H. The fourth-order valence-corrected chi connectivity index (χ4v) is 6.58. The van der Waals surface area contributed by atoms with Crippen molar-refractivity contribution >= 4 is 67.8 Å². The van der Waals surface area contributed by atoms with E-state index in [9.17, 15) is 9.59 Å². The number of para-hydroxylation sites is 3. The van der Waals surface area contributed by atoms with Gasteiger partial charge >= 0.3 is 0 Å². The van der Waals surface area contributed by atoms with E-state index in [-0.39, 0.29) is 5.78 Å². The Kier molecular flexibility index (Phi) is 7.44. The van der Waals surface area contributed by atoms with Gasteiger partial charge in [0.1, 0.15) is 0 Å². The maximum absolute atomic E-state index is 12.8. The van der Waals surface area contributed by atoms with Gasteiger partial charge in [0, 0.05) is 44.6 Å². The molecular formula is C44H30N2O2. The number of allylic oxidation sites excluding steroid dienone is 1. The second-order valence-electron chi connectivity index (χ2n) is 11.8. The second kappa shape index (κ2) is 12.3. The van der Waals surface area contributed by atoms with E-state index in [1.807, 2.05) is 12.1 Å². The van der Waals surface area contributed by atoms with Crippen LogP contribution in [0.4, 0.5) is 17.1 Å². The number of carbonyl (C=O) groups excluding carboxylic acids is 2. The monoisotopic (exact) mass is 618 g/mol. The number of nitrogens with zero attached hydrogens (tertiary/aromatic N) is 2. The number of hydrogen-bond donors (Lipinski definition) is 0. The minimum atomic E-state index is -0.199. The Morgan fingerprint density at radius 2 is 1.17 bits per heavy atom. The van der Waals surface area contributed by atoms with Gasteiger partial charge in [-0.1, -0.05) is 109 Å². The molecule has 4 heteroatoms. The summed E-state index contributed by atoms with van der Waals surface area (Å²) in [6.45, 7) is 0. The number of anilines is 3. The van der Waals surface area contributed by atoms with Crippen molar-refractivity contribution in [1.29, 1.82) is 0 Å². The molecule has 0 unspecified atom stereocenters. The van der Waals surface area contributed by atoms with Crippen molar-refractivity contribution < 1.29 is 9.59 Å². The summed E-state index contributed by atoms with van der Waals surface area (Å²) in [7, 11) is 0. The summed E-state index contributed by atoms with van der Waals surface area (Å²) in [4.78, 5) is 26.5. The molecule has 1 heterocycles. The van der Waals surface area contributed by atoms with Crippen LogP contribution in [-0.4, -0.2) is 16.6 Å². The van der Waals surface area contributed by atoms with Crippen LogP contribution in [0.15, 0.2) is 170 Å². The normalized spacial score (nSPS) is 11.4. The van der Waals surface area contributed by atoms with Crippen molar-refractivity contribution in [3.8, 4) is 5.69 Å². The molecule has 1 aromatic heterocycles. The van der Waals surface area contributed by atoms with Crippen LogP contribution in [0.25, 0.3) is 44.3 Å². The van der Waals surface area contributed by atoms with Gasteiger partial charge in [-0.05, 0) is 83.1 Å². The van der Waals surface area contributed by atoms with Crippen LogP contribution < -0.4 is 4.90 Å². The van der Waals surface area contributed by atoms with Crippen LogP contribution in [-0.2, 0) is 0 Å². The van der Waals surface area contributed by atoms with Crippen molar-refractivity contribution in [3.05, 3.63) is 187 Å². The zero-order chi connectivity index (χ0) is 32.5. The third-order valence-corrected chi connectivity index (χ3v) is 8.83. The van der Waals surface area contributed by atoms with E-state index < -0.39 is 0 Å². The number of aldehydes is 1. The van der Waals surface area contributed by atoms with E-state index in [2.05, 4.69) is 137 Å². The Morgan fingerprint density at radius 3 is 1.94 bits per heavy atom. The van der Waals surface area contributed by atoms with E-state index in [1.165, 1.54) is 27.9 Å². The largest absolute Gasteiger partial charge is 0.310 e. The highest BCUT2D eigenvalue weighted by molar-refractivity contribution is 6.11. The lowest BCUT2D eigenvalue weighted by Crippen LogP contribution is -2.10. The van der Waals surface area contributed by atoms with Gasteiger partial charge in [-0.2, -0.15) is 0 Å². The molecule has 0 aliphatic rings. The lowest BCUT2D eigenvalue weighted by Gasteiger charge is -2.26. The molecule has 8 rings (SSSR count). The minimum Gasteiger partial charge on any atom is -0.310 e. The summed E-state index contributed by atoms with van der Waals surface area (Å²) in [5, 5.41) is 4.62. The van der Waals surface area contributed by atoms with Crippen molar-refractivity contribution in [1.82, 2.24) is 4.57 Å². The Balaban J connectivity index is 1.18. The predicted octanol–water partition coefficient (Wildman–Crippen LogP) is 11.1. The molecule has 0 amide bonds. The first kappa shape index (κ1) is 28.9. The zero-order valence-electron chi connectivity index (χ0n) is 26.0. The third kappa shape index (κ3) is 5.25. The Hall–Kier alpha value is -6.52. The van der Waals surface area contributed by atoms with Crippen LogP contribution in [0.1, 0.15) is 26.3 Å². The first-order valence-electron chi connectivity index (χ1n) is 15.9. The maximum atomic E-state index is 12.8. The van der Waals surface area contributed by atoms with E-state index in [0.717, 1.165) is 39.1 Å². The lowest BCUT2D eigenvalue weighted by molar-refractivity contribution is 0.103. The molecule has 0 saturated carbocycles. The Labute approximate surface area is 278 Å². The van der Waals surface area contributed by atoms with Gasteiger partial charge in [-0.15, -0.1) is 0 Å². The maximum Gasteiger partial charge on any atom is 0.186 e. The average molecular weight is 619 g/mol. The number of carbonyl (C=O) groups is 2. The van der Waals surface area contributed by atoms with Gasteiger partial charge in [0.15, 0.2) is 12.1 Å². The van der Waals surface area contributed by atoms with Gasteiger partial charge in [0.25, 0.3) is 0 Å². The molecule has 0 fully saturated rings. The number of rotatable bonds is 8. The molecular weight excluding hydrogens is 588 g/mol. The lowest BCUT2D eigenvalue weighted by atomic mass is 10.0. The number of benzene rings is 7. The molecule has 4 nitrogen and oxygen atoms in total. The van der Waals surface area contributed by atoms with Gasteiger partial charge in [0.2, 0.25) is 0 Å². The molecule has 7 aromatic carbocycles. The molecule has 0 N–H and O–H groups in total. The van der Waals surface area contributed by atoms with Gasteiger partial charge in [-0.3, -0.25) is 9.59 Å². The predicted molar refractivity (Wildman–Crippen MR) is 198 cm³/mol. The number of ketones is 1. The molecule has 0 aliphatic carbocycles. The summed E-state index contributed by atoms with van der Waals surface area (Å²) in [5.74, 6) is -0.199. The smallest absolute Gasteiger partial charge is 0.186 e. The van der Waals surface area contributed by atoms with Crippen molar-refractivity contribution in [3.63, 3.8) is 0 Å². The van der Waals surface area contributed by atoms with Crippen LogP contribution in [0, 0.1) is 0 Å².